The smallest absolute Gasteiger partial charge is 0.264 e. The molecule has 1 spiro atoms. The van der Waals surface area contributed by atoms with Crippen molar-refractivity contribution in [2.75, 3.05) is 38.3 Å². The van der Waals surface area contributed by atoms with Crippen LogP contribution in [0.25, 0.3) is 0 Å². The quantitative estimate of drug-likeness (QED) is 0.440. The summed E-state index contributed by atoms with van der Waals surface area (Å²) < 4.78 is 41.3. The molecule has 0 unspecified atom stereocenters. The fraction of sp³-hybridized carbons (Fsp3) is 0.559. The van der Waals surface area contributed by atoms with Gasteiger partial charge in [0.2, 0.25) is 10.0 Å². The predicted molar refractivity (Wildman–Crippen MR) is 172 cm³/mol. The van der Waals surface area contributed by atoms with Crippen molar-refractivity contribution in [3.8, 4) is 5.75 Å². The van der Waals surface area contributed by atoms with Crippen molar-refractivity contribution in [1.82, 2.24) is 4.72 Å². The Hall–Kier alpha value is -2.59. The molecule has 1 fully saturated rings. The van der Waals surface area contributed by atoms with Crippen molar-refractivity contribution in [2.45, 2.75) is 68.6 Å². The maximum atomic E-state index is 13.6. The van der Waals surface area contributed by atoms with Crippen molar-refractivity contribution in [3.63, 3.8) is 0 Å². The molecule has 0 radical (unpaired) electrons. The summed E-state index contributed by atoms with van der Waals surface area (Å²) in [7, 11) is -2.49. The van der Waals surface area contributed by atoms with E-state index in [-0.39, 0.29) is 41.8 Å². The molecule has 4 aliphatic rings. The minimum absolute atomic E-state index is 0.106. The second-order valence-corrected chi connectivity index (χ2v) is 15.6. The zero-order valence-electron chi connectivity index (χ0n) is 25.5. The first-order valence-electron chi connectivity index (χ1n) is 15.8. The third-order valence-electron chi connectivity index (χ3n) is 10.4. The van der Waals surface area contributed by atoms with Gasteiger partial charge in [0.25, 0.3) is 5.91 Å². The van der Waals surface area contributed by atoms with Crippen LogP contribution in [0, 0.1) is 17.8 Å². The Morgan fingerprint density at radius 2 is 2.05 bits per heavy atom. The van der Waals surface area contributed by atoms with E-state index in [1.807, 2.05) is 25.1 Å². The lowest BCUT2D eigenvalue weighted by atomic mass is 9.68. The Kier molecular flexibility index (Phi) is 9.03. The van der Waals surface area contributed by atoms with Crippen molar-refractivity contribution >= 4 is 33.2 Å². The molecule has 2 N–H and O–H groups in total. The minimum atomic E-state index is -4.02. The number of methoxy groups -OCH3 is 1. The molecular formula is C34H43ClN2O6S. The number of halogens is 1. The van der Waals surface area contributed by atoms with E-state index in [1.165, 1.54) is 18.2 Å². The Morgan fingerprint density at radius 3 is 2.82 bits per heavy atom. The summed E-state index contributed by atoms with van der Waals surface area (Å²) in [5.41, 5.74) is 3.27. The van der Waals surface area contributed by atoms with Crippen molar-refractivity contribution in [3.05, 3.63) is 70.3 Å². The lowest BCUT2D eigenvalue weighted by molar-refractivity contribution is 0.0455. The topological polar surface area (TPSA) is 105 Å². The maximum absolute atomic E-state index is 13.6. The third-order valence-corrected chi connectivity index (χ3v) is 12.6. The molecule has 44 heavy (non-hydrogen) atoms. The van der Waals surface area contributed by atoms with Gasteiger partial charge in [-0.2, -0.15) is 0 Å². The number of fused-ring (bicyclic) bond motifs is 4. The summed E-state index contributed by atoms with van der Waals surface area (Å²) in [6, 6.07) is 11.4. The van der Waals surface area contributed by atoms with Crippen molar-refractivity contribution in [2.24, 2.45) is 17.8 Å². The van der Waals surface area contributed by atoms with E-state index in [0.717, 1.165) is 42.8 Å². The number of carbonyl (C=O) groups excluding carboxylic acids is 1. The predicted octanol–water partition coefficient (Wildman–Crippen LogP) is 5.26. The highest BCUT2D eigenvalue weighted by atomic mass is 35.5. The third kappa shape index (κ3) is 6.13. The zero-order valence-corrected chi connectivity index (χ0v) is 27.1. The number of hydrogen-bond donors (Lipinski definition) is 2. The summed E-state index contributed by atoms with van der Waals surface area (Å²) in [6.45, 7) is 3.99. The monoisotopic (exact) mass is 642 g/mol. The Morgan fingerprint density at radius 1 is 1.20 bits per heavy atom. The largest absolute Gasteiger partial charge is 0.490 e. The highest BCUT2D eigenvalue weighted by molar-refractivity contribution is 7.90. The number of anilines is 1. The van der Waals surface area contributed by atoms with Gasteiger partial charge in [0.05, 0.1) is 23.6 Å². The molecule has 2 aliphatic heterocycles. The average Bonchev–Trinajstić information content (AvgIpc) is 3.11. The molecule has 1 saturated carbocycles. The van der Waals surface area contributed by atoms with Gasteiger partial charge in [-0.15, -0.1) is 0 Å². The van der Waals surface area contributed by atoms with Gasteiger partial charge in [-0.05, 0) is 104 Å². The van der Waals surface area contributed by atoms with Crippen LogP contribution in [0.4, 0.5) is 5.69 Å². The number of aliphatic hydroxyl groups excluding tert-OH is 1. The molecule has 2 aromatic rings. The van der Waals surface area contributed by atoms with Crippen LogP contribution in [-0.2, 0) is 26.6 Å². The van der Waals surface area contributed by atoms with Crippen LogP contribution >= 0.6 is 11.6 Å². The molecule has 0 saturated heterocycles. The summed E-state index contributed by atoms with van der Waals surface area (Å²) in [6.07, 6.45) is 8.72. The molecule has 1 amide bonds. The molecule has 238 valence electrons. The van der Waals surface area contributed by atoms with E-state index in [9.17, 15) is 18.3 Å². The van der Waals surface area contributed by atoms with E-state index in [4.69, 9.17) is 21.1 Å². The fourth-order valence-electron chi connectivity index (χ4n) is 7.78. The molecule has 6 rings (SSSR count). The van der Waals surface area contributed by atoms with Crippen molar-refractivity contribution < 1.29 is 27.8 Å². The van der Waals surface area contributed by atoms with Crippen LogP contribution < -0.4 is 14.4 Å². The number of rotatable bonds is 3. The van der Waals surface area contributed by atoms with E-state index < -0.39 is 27.3 Å². The van der Waals surface area contributed by atoms with Crippen LogP contribution in [0.1, 0.15) is 66.9 Å². The number of nitrogens with zero attached hydrogens (tertiary/aromatic N) is 1. The number of benzene rings is 2. The second-order valence-electron chi connectivity index (χ2n) is 13.2. The van der Waals surface area contributed by atoms with E-state index in [2.05, 4.69) is 21.8 Å². The molecule has 6 atom stereocenters. The molecule has 2 aromatic carbocycles. The molecule has 2 heterocycles. The van der Waals surface area contributed by atoms with E-state index >= 15 is 0 Å². The Labute approximate surface area is 265 Å². The van der Waals surface area contributed by atoms with Crippen LogP contribution in [0.3, 0.4) is 0 Å². The standard InChI is InChI=1S/C34H43ClN2O6S/c1-22-5-3-7-30(38)27-11-8-25(27)19-37-20-34(15-4-6-23-17-26(35)10-12-28(23)34)21-43-31-13-9-24(18-29(31)37)33(39)36-44(40,41)32(22)14-16-42-2/h3,7,9-10,12-13,17-18,22,25,27,30,32,38H,4-6,8,11,14-16,19-21H2,1-2H3,(H,36,39)/b7-3-/t22-,25+,27-,30-,32-,34+/m1/s1. The molecular weight excluding hydrogens is 600 g/mol. The normalized spacial score (nSPS) is 32.3. The van der Waals surface area contributed by atoms with Crippen LogP contribution in [0.5, 0.6) is 5.75 Å². The number of carbonyl (C=O) groups is 1. The van der Waals surface area contributed by atoms with Crippen LogP contribution in [-0.4, -0.2) is 64.2 Å². The summed E-state index contributed by atoms with van der Waals surface area (Å²) >= 11 is 6.40. The molecule has 2 aliphatic carbocycles. The minimum Gasteiger partial charge on any atom is -0.490 e. The number of nitrogens with one attached hydrogen (secondary N) is 1. The number of ether oxygens (including phenoxy) is 2. The molecule has 10 heteroatoms. The molecule has 0 aromatic heterocycles. The van der Waals surface area contributed by atoms with Gasteiger partial charge in [-0.3, -0.25) is 4.79 Å². The number of hydrogen-bond acceptors (Lipinski definition) is 7. The fourth-order valence-corrected chi connectivity index (χ4v) is 9.63. The number of amides is 1. The first-order chi connectivity index (χ1) is 21.1. The van der Waals surface area contributed by atoms with Gasteiger partial charge in [0.15, 0.2) is 0 Å². The van der Waals surface area contributed by atoms with E-state index in [1.54, 1.807) is 18.2 Å². The summed E-state index contributed by atoms with van der Waals surface area (Å²) in [5, 5.41) is 11.1. The molecule has 2 bridgehead atoms. The Balaban J connectivity index is 1.41. The first-order valence-corrected chi connectivity index (χ1v) is 17.7. The molecule has 8 nitrogen and oxygen atoms in total. The van der Waals surface area contributed by atoms with E-state index in [0.29, 0.717) is 31.9 Å². The van der Waals surface area contributed by atoms with Gasteiger partial charge in [-0.25, -0.2) is 13.1 Å². The van der Waals surface area contributed by atoms with Gasteiger partial charge in [-0.1, -0.05) is 36.7 Å². The lowest BCUT2D eigenvalue weighted by Gasteiger charge is -2.45. The highest BCUT2D eigenvalue weighted by Crippen LogP contribution is 2.46. The zero-order chi connectivity index (χ0) is 31.1. The van der Waals surface area contributed by atoms with Crippen LogP contribution in [0.2, 0.25) is 5.02 Å². The SMILES string of the molecule is COCC[C@@H]1[C@H](C)C/C=C\[C@@H](O)[C@@H]2CC[C@H]2CN2C[C@@]3(CCCc4cc(Cl)ccc43)COc3ccc(cc32)C(=O)NS1(=O)=O. The number of aryl methyl sites for hydroxylation is 1. The average molecular weight is 643 g/mol. The van der Waals surface area contributed by atoms with Gasteiger partial charge < -0.3 is 19.5 Å². The van der Waals surface area contributed by atoms with Gasteiger partial charge >= 0.3 is 0 Å². The lowest BCUT2D eigenvalue weighted by Crippen LogP contribution is -2.49. The first kappa shape index (κ1) is 31.4. The number of allylic oxidation sites excluding steroid dienone is 1. The number of aliphatic hydroxyl groups is 1. The maximum Gasteiger partial charge on any atom is 0.264 e. The number of sulfonamides is 1. The van der Waals surface area contributed by atoms with Gasteiger partial charge in [0, 0.05) is 42.8 Å². The second kappa shape index (κ2) is 12.7. The highest BCUT2D eigenvalue weighted by Gasteiger charge is 2.44. The van der Waals surface area contributed by atoms with Crippen molar-refractivity contribution in [1.29, 1.82) is 0 Å². The Bertz CT molecular complexity index is 1530. The van der Waals surface area contributed by atoms with Gasteiger partial charge in [0.1, 0.15) is 5.75 Å². The summed E-state index contributed by atoms with van der Waals surface area (Å²) in [5.74, 6) is 0.105. The van der Waals surface area contributed by atoms with Crippen LogP contribution in [0.15, 0.2) is 48.6 Å². The summed E-state index contributed by atoms with van der Waals surface area (Å²) in [4.78, 5) is 15.9.